The van der Waals surface area contributed by atoms with Gasteiger partial charge in [-0.05, 0) is 49.1 Å². The van der Waals surface area contributed by atoms with Crippen LogP contribution in [0.1, 0.15) is 30.9 Å². The molecule has 0 radical (unpaired) electrons. The Morgan fingerprint density at radius 2 is 2.03 bits per heavy atom. The fourth-order valence-corrected chi connectivity index (χ4v) is 4.81. The molecule has 1 atom stereocenters. The highest BCUT2D eigenvalue weighted by molar-refractivity contribution is 8.26. The molecule has 4 rings (SSSR count). The molecule has 2 heterocycles. The number of thioether (sulfide) groups is 1. The van der Waals surface area contributed by atoms with Crippen molar-refractivity contribution in [2.75, 3.05) is 19.8 Å². The topological polar surface area (TPSA) is 48.0 Å². The smallest absolute Gasteiger partial charge is 0.266 e. The van der Waals surface area contributed by atoms with E-state index in [-0.39, 0.29) is 12.0 Å². The van der Waals surface area contributed by atoms with Gasteiger partial charge >= 0.3 is 0 Å². The zero-order chi connectivity index (χ0) is 21.6. The molecule has 2 aromatic carbocycles. The van der Waals surface area contributed by atoms with E-state index in [0.717, 1.165) is 30.6 Å². The monoisotopic (exact) mass is 455 g/mol. The molecule has 0 aromatic heterocycles. The van der Waals surface area contributed by atoms with Gasteiger partial charge in [-0.3, -0.25) is 9.69 Å². The predicted molar refractivity (Wildman–Crippen MR) is 127 cm³/mol. The van der Waals surface area contributed by atoms with Crippen molar-refractivity contribution in [1.82, 2.24) is 4.90 Å². The first-order valence-electron chi connectivity index (χ1n) is 10.4. The zero-order valence-corrected chi connectivity index (χ0v) is 19.0. The summed E-state index contributed by atoms with van der Waals surface area (Å²) >= 11 is 6.77. The third-order valence-electron chi connectivity index (χ3n) is 5.09. The van der Waals surface area contributed by atoms with Gasteiger partial charge in [0.1, 0.15) is 10.9 Å². The van der Waals surface area contributed by atoms with Crippen molar-refractivity contribution in [3.8, 4) is 11.5 Å². The van der Waals surface area contributed by atoms with Crippen LogP contribution in [0.25, 0.3) is 6.08 Å². The molecular weight excluding hydrogens is 430 g/mol. The van der Waals surface area contributed by atoms with Crippen molar-refractivity contribution in [2.24, 2.45) is 0 Å². The van der Waals surface area contributed by atoms with E-state index in [1.54, 1.807) is 4.90 Å². The highest BCUT2D eigenvalue weighted by Gasteiger charge is 2.34. The largest absolute Gasteiger partial charge is 0.490 e. The van der Waals surface area contributed by atoms with E-state index in [9.17, 15) is 4.79 Å². The Morgan fingerprint density at radius 3 is 2.77 bits per heavy atom. The van der Waals surface area contributed by atoms with Crippen molar-refractivity contribution in [2.45, 2.75) is 32.5 Å². The van der Waals surface area contributed by atoms with Crippen LogP contribution in [-0.2, 0) is 16.1 Å². The number of hydrogen-bond donors (Lipinski definition) is 0. The van der Waals surface area contributed by atoms with Crippen LogP contribution in [0.2, 0.25) is 0 Å². The number of carbonyl (C=O) groups is 1. The minimum Gasteiger partial charge on any atom is -0.490 e. The maximum Gasteiger partial charge on any atom is 0.266 e. The number of carbonyl (C=O) groups excluding carboxylic acids is 1. The van der Waals surface area contributed by atoms with Crippen molar-refractivity contribution in [3.05, 3.63) is 64.6 Å². The molecule has 0 bridgehead atoms. The summed E-state index contributed by atoms with van der Waals surface area (Å²) in [6.07, 6.45) is 3.94. The van der Waals surface area contributed by atoms with Crippen molar-refractivity contribution in [3.63, 3.8) is 0 Å². The summed E-state index contributed by atoms with van der Waals surface area (Å²) in [5, 5.41) is 0. The van der Waals surface area contributed by atoms with Crippen molar-refractivity contribution >= 4 is 40.3 Å². The Morgan fingerprint density at radius 1 is 1.19 bits per heavy atom. The van der Waals surface area contributed by atoms with Crippen LogP contribution in [0.15, 0.2) is 53.4 Å². The SMILES string of the molecule is CCOc1cc(/C=C2\SC(=S)N(C[C@@H]3CCCO3)C2=O)ccc1OCc1ccccc1. The van der Waals surface area contributed by atoms with Gasteiger partial charge in [-0.25, -0.2) is 0 Å². The van der Waals surface area contributed by atoms with Gasteiger partial charge < -0.3 is 14.2 Å². The Hall–Kier alpha value is -2.35. The van der Waals surface area contributed by atoms with E-state index in [4.69, 9.17) is 26.4 Å². The molecule has 1 amide bonds. The van der Waals surface area contributed by atoms with Gasteiger partial charge in [0.2, 0.25) is 0 Å². The molecule has 2 aromatic rings. The molecule has 2 aliphatic heterocycles. The molecule has 162 valence electrons. The first kappa shape index (κ1) is 21.9. The average Bonchev–Trinajstić information content (AvgIpc) is 3.38. The van der Waals surface area contributed by atoms with Crippen LogP contribution in [0.3, 0.4) is 0 Å². The summed E-state index contributed by atoms with van der Waals surface area (Å²) in [5.74, 6) is 1.27. The predicted octanol–water partition coefficient (Wildman–Crippen LogP) is 5.04. The second-order valence-corrected chi connectivity index (χ2v) is 9.02. The van der Waals surface area contributed by atoms with Gasteiger partial charge in [0.15, 0.2) is 11.5 Å². The molecule has 0 unspecified atom stereocenters. The van der Waals surface area contributed by atoms with E-state index in [0.29, 0.717) is 40.5 Å². The summed E-state index contributed by atoms with van der Waals surface area (Å²) in [7, 11) is 0. The van der Waals surface area contributed by atoms with Crippen molar-refractivity contribution < 1.29 is 19.0 Å². The highest BCUT2D eigenvalue weighted by atomic mass is 32.2. The molecule has 0 saturated carbocycles. The standard InChI is InChI=1S/C24H25NO4S2/c1-2-27-21-13-18(10-11-20(21)29-16-17-7-4-3-5-8-17)14-22-23(26)25(24(30)31-22)15-19-9-6-12-28-19/h3-5,7-8,10-11,13-14,19H,2,6,9,12,15-16H2,1H3/b22-14-/t19-/m0/s1. The number of amides is 1. The van der Waals surface area contributed by atoms with Crippen LogP contribution >= 0.6 is 24.0 Å². The van der Waals surface area contributed by atoms with Crippen LogP contribution < -0.4 is 9.47 Å². The zero-order valence-electron chi connectivity index (χ0n) is 17.4. The Kier molecular flexibility index (Phi) is 7.27. The van der Waals surface area contributed by atoms with Crippen LogP contribution in [0.5, 0.6) is 11.5 Å². The summed E-state index contributed by atoms with van der Waals surface area (Å²) in [6, 6.07) is 15.7. The van der Waals surface area contributed by atoms with E-state index < -0.39 is 0 Å². The minimum atomic E-state index is -0.0622. The number of thiocarbonyl (C=S) groups is 1. The lowest BCUT2D eigenvalue weighted by Crippen LogP contribution is -2.35. The van der Waals surface area contributed by atoms with Crippen LogP contribution in [0.4, 0.5) is 0 Å². The highest BCUT2D eigenvalue weighted by Crippen LogP contribution is 2.35. The molecule has 2 aliphatic rings. The second-order valence-electron chi connectivity index (χ2n) is 7.34. The third-order valence-corrected chi connectivity index (χ3v) is 6.46. The lowest BCUT2D eigenvalue weighted by molar-refractivity contribution is -0.123. The molecular formula is C24H25NO4S2. The molecule has 0 aliphatic carbocycles. The van der Waals surface area contributed by atoms with Gasteiger partial charge in [0, 0.05) is 6.61 Å². The fraction of sp³-hybridized carbons (Fsp3) is 0.333. The molecule has 0 N–H and O–H groups in total. The van der Waals surface area contributed by atoms with Crippen molar-refractivity contribution in [1.29, 1.82) is 0 Å². The van der Waals surface area contributed by atoms with E-state index in [1.165, 1.54) is 11.8 Å². The quantitative estimate of drug-likeness (QED) is 0.410. The molecule has 2 saturated heterocycles. The van der Waals surface area contributed by atoms with Gasteiger partial charge in [0.25, 0.3) is 5.91 Å². The molecule has 0 spiro atoms. The van der Waals surface area contributed by atoms with Crippen LogP contribution in [0, 0.1) is 0 Å². The van der Waals surface area contributed by atoms with E-state index in [1.807, 2.05) is 61.5 Å². The molecule has 2 fully saturated rings. The van der Waals surface area contributed by atoms with Gasteiger partial charge in [0.05, 0.1) is 24.2 Å². The number of nitrogens with zero attached hydrogens (tertiary/aromatic N) is 1. The van der Waals surface area contributed by atoms with E-state index in [2.05, 4.69) is 0 Å². The van der Waals surface area contributed by atoms with Gasteiger partial charge in [-0.2, -0.15) is 0 Å². The Bertz CT molecular complexity index is 971. The lowest BCUT2D eigenvalue weighted by Gasteiger charge is -2.18. The molecule has 31 heavy (non-hydrogen) atoms. The van der Waals surface area contributed by atoms with E-state index >= 15 is 0 Å². The molecule has 5 nitrogen and oxygen atoms in total. The maximum absolute atomic E-state index is 12.9. The first-order valence-corrected chi connectivity index (χ1v) is 11.7. The fourth-order valence-electron chi connectivity index (χ4n) is 3.54. The summed E-state index contributed by atoms with van der Waals surface area (Å²) in [5.41, 5.74) is 1.96. The van der Waals surface area contributed by atoms with Gasteiger partial charge in [-0.1, -0.05) is 60.4 Å². The lowest BCUT2D eigenvalue weighted by atomic mass is 10.1. The maximum atomic E-state index is 12.9. The second kappa shape index (κ2) is 10.3. The average molecular weight is 456 g/mol. The number of ether oxygens (including phenoxy) is 3. The summed E-state index contributed by atoms with van der Waals surface area (Å²) in [6.45, 7) is 4.20. The third kappa shape index (κ3) is 5.47. The first-order chi connectivity index (χ1) is 15.1. The Balaban J connectivity index is 1.48. The molecule has 7 heteroatoms. The minimum absolute atomic E-state index is 0.0622. The van der Waals surface area contributed by atoms with Gasteiger partial charge in [-0.15, -0.1) is 0 Å². The summed E-state index contributed by atoms with van der Waals surface area (Å²) in [4.78, 5) is 15.2. The Labute approximate surface area is 192 Å². The number of hydrogen-bond acceptors (Lipinski definition) is 6. The number of rotatable bonds is 8. The van der Waals surface area contributed by atoms with Crippen LogP contribution in [-0.4, -0.2) is 41.0 Å². The normalized spacial score (nSPS) is 20.0. The number of benzene rings is 2. The summed E-state index contributed by atoms with van der Waals surface area (Å²) < 4.78 is 18.0.